The summed E-state index contributed by atoms with van der Waals surface area (Å²) in [6, 6.07) is 0. The maximum atomic E-state index is 10.3. The van der Waals surface area contributed by atoms with E-state index in [0.29, 0.717) is 18.6 Å². The standard InChI is InChI=1S/C5H9OS/c1-2-5(6)3-4-7/h7H,1-4H2. The molecule has 0 aromatic heterocycles. The molecule has 0 aliphatic carbocycles. The van der Waals surface area contributed by atoms with Crippen LogP contribution in [0.15, 0.2) is 0 Å². The van der Waals surface area contributed by atoms with Gasteiger partial charge in [0.1, 0.15) is 5.78 Å². The predicted molar refractivity (Wildman–Crippen MR) is 33.5 cm³/mol. The summed E-state index contributed by atoms with van der Waals surface area (Å²) in [6.45, 7) is 3.42. The monoisotopic (exact) mass is 117 g/mol. The van der Waals surface area contributed by atoms with Gasteiger partial charge in [-0.15, -0.1) is 0 Å². The molecule has 0 saturated carbocycles. The van der Waals surface area contributed by atoms with Gasteiger partial charge in [0.05, 0.1) is 0 Å². The first-order valence-corrected chi connectivity index (χ1v) is 2.86. The average Bonchev–Trinajstić information content (AvgIpc) is 1.68. The molecule has 0 aliphatic rings. The highest BCUT2D eigenvalue weighted by molar-refractivity contribution is 7.80. The van der Waals surface area contributed by atoms with Gasteiger partial charge in [0, 0.05) is 12.8 Å². The molecule has 0 spiro atoms. The normalized spacial score (nSPS) is 8.86. The van der Waals surface area contributed by atoms with Crippen molar-refractivity contribution >= 4 is 18.4 Å². The van der Waals surface area contributed by atoms with Crippen molar-refractivity contribution in [3.05, 3.63) is 6.92 Å². The number of hydrogen-bond acceptors (Lipinski definition) is 2. The molecule has 1 radical (unpaired) electrons. The van der Waals surface area contributed by atoms with Gasteiger partial charge in [0.2, 0.25) is 0 Å². The van der Waals surface area contributed by atoms with Crippen molar-refractivity contribution in [3.8, 4) is 0 Å². The third kappa shape index (κ3) is 3.86. The second-order valence-electron chi connectivity index (χ2n) is 1.26. The van der Waals surface area contributed by atoms with Crippen molar-refractivity contribution < 1.29 is 4.79 Å². The quantitative estimate of drug-likeness (QED) is 0.548. The minimum atomic E-state index is 0.190. The van der Waals surface area contributed by atoms with E-state index >= 15 is 0 Å². The Morgan fingerprint density at radius 3 is 2.43 bits per heavy atom. The number of hydrogen-bond donors (Lipinski definition) is 1. The number of carbonyl (C=O) groups is 1. The van der Waals surface area contributed by atoms with Gasteiger partial charge in [-0.1, -0.05) is 0 Å². The summed E-state index contributed by atoms with van der Waals surface area (Å²) < 4.78 is 0. The Kier molecular flexibility index (Phi) is 4.20. The van der Waals surface area contributed by atoms with Gasteiger partial charge < -0.3 is 0 Å². The summed E-state index contributed by atoms with van der Waals surface area (Å²) in [4.78, 5) is 10.3. The van der Waals surface area contributed by atoms with Crippen LogP contribution in [-0.2, 0) is 4.79 Å². The highest BCUT2D eigenvalue weighted by Gasteiger charge is 1.91. The first-order chi connectivity index (χ1) is 3.31. The van der Waals surface area contributed by atoms with Crippen molar-refractivity contribution in [2.45, 2.75) is 12.8 Å². The van der Waals surface area contributed by atoms with E-state index in [0.717, 1.165) is 0 Å². The maximum absolute atomic E-state index is 10.3. The van der Waals surface area contributed by atoms with Crippen molar-refractivity contribution in [2.75, 3.05) is 5.75 Å². The Morgan fingerprint density at radius 2 is 2.29 bits per heavy atom. The first kappa shape index (κ1) is 7.02. The summed E-state index contributed by atoms with van der Waals surface area (Å²) in [5, 5.41) is 0. The third-order valence-corrected chi connectivity index (χ3v) is 0.893. The Balaban J connectivity index is 3.00. The minimum absolute atomic E-state index is 0.190. The van der Waals surface area contributed by atoms with E-state index in [-0.39, 0.29) is 5.78 Å². The lowest BCUT2D eigenvalue weighted by atomic mass is 10.2. The van der Waals surface area contributed by atoms with Gasteiger partial charge in [-0.2, -0.15) is 12.6 Å². The molecule has 41 valence electrons. The lowest BCUT2D eigenvalue weighted by molar-refractivity contribution is -0.117. The molecular formula is C5H9OS. The molecule has 0 aliphatic heterocycles. The van der Waals surface area contributed by atoms with E-state index in [1.807, 2.05) is 0 Å². The van der Waals surface area contributed by atoms with E-state index in [2.05, 4.69) is 19.6 Å². The Hall–Kier alpha value is 0.0200. The third-order valence-electron chi connectivity index (χ3n) is 0.669. The molecule has 0 rings (SSSR count). The summed E-state index contributed by atoms with van der Waals surface area (Å²) in [5.74, 6) is 0.837. The van der Waals surface area contributed by atoms with Crippen LogP contribution >= 0.6 is 12.6 Å². The van der Waals surface area contributed by atoms with Crippen LogP contribution in [0.5, 0.6) is 0 Å². The second kappa shape index (κ2) is 4.19. The average molecular weight is 117 g/mol. The smallest absolute Gasteiger partial charge is 0.133 e. The number of carbonyl (C=O) groups excluding carboxylic acids is 1. The molecule has 0 saturated heterocycles. The number of thiol groups is 1. The van der Waals surface area contributed by atoms with Crippen molar-refractivity contribution in [3.63, 3.8) is 0 Å². The van der Waals surface area contributed by atoms with Crippen LogP contribution in [0.4, 0.5) is 0 Å². The Morgan fingerprint density at radius 1 is 1.71 bits per heavy atom. The molecule has 1 nitrogen and oxygen atoms in total. The summed E-state index contributed by atoms with van der Waals surface area (Å²) in [6.07, 6.45) is 0.965. The number of ketones is 1. The van der Waals surface area contributed by atoms with Crippen LogP contribution in [0.1, 0.15) is 12.8 Å². The van der Waals surface area contributed by atoms with Crippen molar-refractivity contribution in [2.24, 2.45) is 0 Å². The zero-order chi connectivity index (χ0) is 5.70. The fraction of sp³-hybridized carbons (Fsp3) is 0.600. The molecule has 0 aromatic carbocycles. The molecule has 0 unspecified atom stereocenters. The molecule has 0 heterocycles. The molecule has 2 heteroatoms. The van der Waals surface area contributed by atoms with Crippen LogP contribution in [0.2, 0.25) is 0 Å². The second-order valence-corrected chi connectivity index (χ2v) is 1.71. The van der Waals surface area contributed by atoms with Crippen molar-refractivity contribution in [1.82, 2.24) is 0 Å². The largest absolute Gasteiger partial charge is 0.300 e. The van der Waals surface area contributed by atoms with Gasteiger partial charge >= 0.3 is 0 Å². The fourth-order valence-corrected chi connectivity index (χ4v) is 0.499. The van der Waals surface area contributed by atoms with E-state index < -0.39 is 0 Å². The number of rotatable bonds is 3. The lowest BCUT2D eigenvalue weighted by Gasteiger charge is -1.86. The maximum Gasteiger partial charge on any atom is 0.133 e. The van der Waals surface area contributed by atoms with Crippen LogP contribution in [0.25, 0.3) is 0 Å². The van der Waals surface area contributed by atoms with Crippen LogP contribution in [0, 0.1) is 6.92 Å². The highest BCUT2D eigenvalue weighted by Crippen LogP contribution is 1.88. The lowest BCUT2D eigenvalue weighted by Crippen LogP contribution is -1.94. The van der Waals surface area contributed by atoms with Gasteiger partial charge in [-0.05, 0) is 12.7 Å². The van der Waals surface area contributed by atoms with Gasteiger partial charge in [-0.3, -0.25) is 4.79 Å². The van der Waals surface area contributed by atoms with Crippen LogP contribution in [-0.4, -0.2) is 11.5 Å². The van der Waals surface area contributed by atoms with Crippen LogP contribution in [0.3, 0.4) is 0 Å². The molecule has 7 heavy (non-hydrogen) atoms. The molecule has 0 N–H and O–H groups in total. The number of Topliss-reactive ketones (excluding diaryl/α,β-unsaturated/α-hetero) is 1. The first-order valence-electron chi connectivity index (χ1n) is 2.23. The zero-order valence-corrected chi connectivity index (χ0v) is 5.08. The molecule has 0 fully saturated rings. The van der Waals surface area contributed by atoms with Gasteiger partial charge in [-0.25, -0.2) is 0 Å². The molecule has 0 atom stereocenters. The molecule has 0 aromatic rings. The summed E-state index contributed by atoms with van der Waals surface area (Å²) in [7, 11) is 0. The zero-order valence-electron chi connectivity index (χ0n) is 4.18. The Labute approximate surface area is 49.5 Å². The van der Waals surface area contributed by atoms with E-state index in [9.17, 15) is 4.79 Å². The van der Waals surface area contributed by atoms with Gasteiger partial charge in [0.15, 0.2) is 0 Å². The minimum Gasteiger partial charge on any atom is -0.300 e. The van der Waals surface area contributed by atoms with Gasteiger partial charge in [0.25, 0.3) is 0 Å². The van der Waals surface area contributed by atoms with Crippen molar-refractivity contribution in [1.29, 1.82) is 0 Å². The van der Waals surface area contributed by atoms with E-state index in [1.54, 1.807) is 0 Å². The van der Waals surface area contributed by atoms with E-state index in [1.165, 1.54) is 0 Å². The predicted octanol–water partition coefficient (Wildman–Crippen LogP) is 1.10. The Bertz CT molecular complexity index is 61.1. The summed E-state index contributed by atoms with van der Waals surface area (Å²) >= 11 is 3.87. The SMILES string of the molecule is [CH2]CC(=O)CCS. The summed E-state index contributed by atoms with van der Waals surface area (Å²) in [5.41, 5.74) is 0. The fourth-order valence-electron chi connectivity index (χ4n) is 0.250. The molecule has 0 bridgehead atoms. The topological polar surface area (TPSA) is 17.1 Å². The van der Waals surface area contributed by atoms with E-state index in [4.69, 9.17) is 0 Å². The molecular weight excluding hydrogens is 108 g/mol. The van der Waals surface area contributed by atoms with Crippen LogP contribution < -0.4 is 0 Å². The highest BCUT2D eigenvalue weighted by atomic mass is 32.1. The molecule has 0 amide bonds.